The zero-order valence-corrected chi connectivity index (χ0v) is 11.4. The SMILES string of the molecule is CCN1CCCC(NCCc2cccnc2)CC1. The van der Waals surface area contributed by atoms with E-state index in [1.165, 1.54) is 44.5 Å². The van der Waals surface area contributed by atoms with Gasteiger partial charge in [0, 0.05) is 18.4 Å². The molecule has 1 N–H and O–H groups in total. The number of hydrogen-bond acceptors (Lipinski definition) is 3. The highest BCUT2D eigenvalue weighted by atomic mass is 15.1. The molecule has 0 radical (unpaired) electrons. The highest BCUT2D eigenvalue weighted by molar-refractivity contribution is 5.08. The molecule has 1 unspecified atom stereocenters. The van der Waals surface area contributed by atoms with Gasteiger partial charge >= 0.3 is 0 Å². The summed E-state index contributed by atoms with van der Waals surface area (Å²) in [7, 11) is 0. The number of nitrogens with one attached hydrogen (secondary N) is 1. The predicted octanol–water partition coefficient (Wildman–Crippen LogP) is 2.09. The van der Waals surface area contributed by atoms with Crippen molar-refractivity contribution in [1.29, 1.82) is 0 Å². The van der Waals surface area contributed by atoms with Gasteiger partial charge in [-0.3, -0.25) is 4.98 Å². The third-order valence-corrected chi connectivity index (χ3v) is 3.84. The fraction of sp³-hybridized carbons (Fsp3) is 0.667. The van der Waals surface area contributed by atoms with E-state index in [1.54, 1.807) is 0 Å². The molecular formula is C15H25N3. The van der Waals surface area contributed by atoms with Crippen molar-refractivity contribution in [3.63, 3.8) is 0 Å². The maximum absolute atomic E-state index is 4.15. The fourth-order valence-electron chi connectivity index (χ4n) is 2.64. The first-order valence-electron chi connectivity index (χ1n) is 7.23. The van der Waals surface area contributed by atoms with Gasteiger partial charge in [0.15, 0.2) is 0 Å². The van der Waals surface area contributed by atoms with Gasteiger partial charge in [-0.05, 0) is 63.5 Å². The van der Waals surface area contributed by atoms with Gasteiger partial charge in [0.2, 0.25) is 0 Å². The van der Waals surface area contributed by atoms with Gasteiger partial charge in [-0.1, -0.05) is 13.0 Å². The molecule has 2 rings (SSSR count). The Hall–Kier alpha value is -0.930. The quantitative estimate of drug-likeness (QED) is 0.863. The van der Waals surface area contributed by atoms with Crippen LogP contribution in [-0.2, 0) is 6.42 Å². The van der Waals surface area contributed by atoms with Crippen molar-refractivity contribution in [2.75, 3.05) is 26.2 Å². The number of aromatic nitrogens is 1. The van der Waals surface area contributed by atoms with E-state index < -0.39 is 0 Å². The second-order valence-electron chi connectivity index (χ2n) is 5.13. The average Bonchev–Trinajstić information content (AvgIpc) is 2.65. The van der Waals surface area contributed by atoms with Crippen LogP contribution in [0.25, 0.3) is 0 Å². The molecule has 1 saturated heterocycles. The molecule has 3 nitrogen and oxygen atoms in total. The molecule has 2 heterocycles. The lowest BCUT2D eigenvalue weighted by Crippen LogP contribution is -2.32. The van der Waals surface area contributed by atoms with Crippen molar-refractivity contribution in [3.05, 3.63) is 30.1 Å². The monoisotopic (exact) mass is 247 g/mol. The summed E-state index contributed by atoms with van der Waals surface area (Å²) in [4.78, 5) is 6.71. The Morgan fingerprint density at radius 2 is 2.33 bits per heavy atom. The molecule has 0 amide bonds. The minimum atomic E-state index is 0.707. The highest BCUT2D eigenvalue weighted by Crippen LogP contribution is 2.10. The third kappa shape index (κ3) is 4.39. The van der Waals surface area contributed by atoms with Crippen LogP contribution < -0.4 is 5.32 Å². The molecule has 0 bridgehead atoms. The second kappa shape index (κ2) is 7.49. The molecule has 1 aromatic heterocycles. The minimum absolute atomic E-state index is 0.707. The van der Waals surface area contributed by atoms with Crippen molar-refractivity contribution >= 4 is 0 Å². The summed E-state index contributed by atoms with van der Waals surface area (Å²) in [6, 6.07) is 4.87. The maximum Gasteiger partial charge on any atom is 0.0300 e. The largest absolute Gasteiger partial charge is 0.314 e. The van der Waals surface area contributed by atoms with E-state index in [0.29, 0.717) is 6.04 Å². The molecule has 0 aliphatic carbocycles. The van der Waals surface area contributed by atoms with Crippen molar-refractivity contribution in [1.82, 2.24) is 15.2 Å². The Balaban J connectivity index is 1.67. The molecule has 3 heteroatoms. The van der Waals surface area contributed by atoms with Crippen LogP contribution in [0.15, 0.2) is 24.5 Å². The molecule has 18 heavy (non-hydrogen) atoms. The lowest BCUT2D eigenvalue weighted by Gasteiger charge is -2.18. The summed E-state index contributed by atoms with van der Waals surface area (Å²) in [6.45, 7) is 7.05. The van der Waals surface area contributed by atoms with E-state index in [1.807, 2.05) is 18.5 Å². The Morgan fingerprint density at radius 3 is 3.11 bits per heavy atom. The zero-order chi connectivity index (χ0) is 12.6. The van der Waals surface area contributed by atoms with Crippen LogP contribution in [-0.4, -0.2) is 42.1 Å². The van der Waals surface area contributed by atoms with Crippen LogP contribution in [0.4, 0.5) is 0 Å². The summed E-state index contributed by atoms with van der Waals surface area (Å²) in [5.41, 5.74) is 1.33. The lowest BCUT2D eigenvalue weighted by atomic mass is 10.1. The topological polar surface area (TPSA) is 28.2 Å². The van der Waals surface area contributed by atoms with Crippen molar-refractivity contribution in [2.24, 2.45) is 0 Å². The van der Waals surface area contributed by atoms with E-state index >= 15 is 0 Å². The van der Waals surface area contributed by atoms with Crippen LogP contribution in [0.5, 0.6) is 0 Å². The molecule has 1 fully saturated rings. The van der Waals surface area contributed by atoms with Gasteiger partial charge in [-0.2, -0.15) is 0 Å². The van der Waals surface area contributed by atoms with Gasteiger partial charge < -0.3 is 10.2 Å². The molecule has 1 aliphatic heterocycles. The number of likely N-dealkylation sites (tertiary alicyclic amines) is 1. The Morgan fingerprint density at radius 1 is 1.39 bits per heavy atom. The number of rotatable bonds is 5. The van der Waals surface area contributed by atoms with Crippen molar-refractivity contribution in [2.45, 2.75) is 38.6 Å². The molecule has 100 valence electrons. The smallest absolute Gasteiger partial charge is 0.0300 e. The summed E-state index contributed by atoms with van der Waals surface area (Å²) < 4.78 is 0. The molecule has 1 atom stereocenters. The summed E-state index contributed by atoms with van der Waals surface area (Å²) in [6.07, 6.45) is 8.83. The minimum Gasteiger partial charge on any atom is -0.314 e. The highest BCUT2D eigenvalue weighted by Gasteiger charge is 2.14. The lowest BCUT2D eigenvalue weighted by molar-refractivity contribution is 0.297. The average molecular weight is 247 g/mol. The predicted molar refractivity (Wildman–Crippen MR) is 75.7 cm³/mol. The normalized spacial score (nSPS) is 21.7. The Kier molecular flexibility index (Phi) is 5.62. The van der Waals surface area contributed by atoms with Crippen molar-refractivity contribution in [3.8, 4) is 0 Å². The van der Waals surface area contributed by atoms with Gasteiger partial charge in [0.1, 0.15) is 0 Å². The number of hydrogen-bond donors (Lipinski definition) is 1. The van der Waals surface area contributed by atoms with Crippen LogP contribution in [0.1, 0.15) is 31.7 Å². The molecule has 0 spiro atoms. The Bertz CT molecular complexity index is 326. The summed E-state index contributed by atoms with van der Waals surface area (Å²) in [5, 5.41) is 3.70. The molecular weight excluding hydrogens is 222 g/mol. The maximum atomic E-state index is 4.15. The van der Waals surface area contributed by atoms with Crippen molar-refractivity contribution < 1.29 is 0 Å². The first kappa shape index (κ1) is 13.5. The third-order valence-electron chi connectivity index (χ3n) is 3.84. The van der Waals surface area contributed by atoms with Crippen LogP contribution >= 0.6 is 0 Å². The van der Waals surface area contributed by atoms with Gasteiger partial charge in [0.05, 0.1) is 0 Å². The molecule has 1 aliphatic rings. The number of nitrogens with zero attached hydrogens (tertiary/aromatic N) is 2. The van der Waals surface area contributed by atoms with E-state index in [9.17, 15) is 0 Å². The Labute approximate surface area is 111 Å². The van der Waals surface area contributed by atoms with Crippen LogP contribution in [0, 0.1) is 0 Å². The summed E-state index contributed by atoms with van der Waals surface area (Å²) in [5.74, 6) is 0. The van der Waals surface area contributed by atoms with Gasteiger partial charge in [0.25, 0.3) is 0 Å². The first-order chi connectivity index (χ1) is 8.88. The second-order valence-corrected chi connectivity index (χ2v) is 5.13. The van der Waals surface area contributed by atoms with Crippen LogP contribution in [0.3, 0.4) is 0 Å². The molecule has 0 aromatic carbocycles. The van der Waals surface area contributed by atoms with Crippen LogP contribution in [0.2, 0.25) is 0 Å². The van der Waals surface area contributed by atoms with Gasteiger partial charge in [-0.25, -0.2) is 0 Å². The first-order valence-corrected chi connectivity index (χ1v) is 7.23. The summed E-state index contributed by atoms with van der Waals surface area (Å²) >= 11 is 0. The molecule has 0 saturated carbocycles. The van der Waals surface area contributed by atoms with E-state index in [-0.39, 0.29) is 0 Å². The van der Waals surface area contributed by atoms with E-state index in [2.05, 4.69) is 28.2 Å². The molecule has 1 aromatic rings. The number of pyridine rings is 1. The fourth-order valence-corrected chi connectivity index (χ4v) is 2.64. The van der Waals surface area contributed by atoms with E-state index in [4.69, 9.17) is 0 Å². The zero-order valence-electron chi connectivity index (χ0n) is 11.4. The van der Waals surface area contributed by atoms with E-state index in [0.717, 1.165) is 13.0 Å². The standard InChI is InChI=1S/C15H25N3/c1-2-18-11-4-6-15(8-12-18)17-10-7-14-5-3-9-16-13-14/h3,5,9,13,15,17H,2,4,6-8,10-12H2,1H3. The van der Waals surface area contributed by atoms with Gasteiger partial charge in [-0.15, -0.1) is 0 Å².